The SMILES string of the molecule is CNC(CN(C)CC1CCCC1)c1ccc(C)c(C)c1. The summed E-state index contributed by atoms with van der Waals surface area (Å²) in [6.45, 7) is 6.73. The van der Waals surface area contributed by atoms with Crippen molar-refractivity contribution in [2.75, 3.05) is 27.2 Å². The maximum atomic E-state index is 3.48. The van der Waals surface area contributed by atoms with E-state index in [9.17, 15) is 0 Å². The molecule has 20 heavy (non-hydrogen) atoms. The number of nitrogens with one attached hydrogen (secondary N) is 1. The standard InChI is InChI=1S/C18H30N2/c1-14-9-10-17(11-15(14)2)18(19-3)13-20(4)12-16-7-5-6-8-16/h9-11,16,18-19H,5-8,12-13H2,1-4H3. The van der Waals surface area contributed by atoms with Gasteiger partial charge in [-0.3, -0.25) is 0 Å². The number of hydrogen-bond acceptors (Lipinski definition) is 2. The van der Waals surface area contributed by atoms with Crippen molar-refractivity contribution in [3.8, 4) is 0 Å². The molecular formula is C18H30N2. The third-order valence-corrected chi connectivity index (χ3v) is 4.82. The van der Waals surface area contributed by atoms with Crippen LogP contribution in [0.1, 0.15) is 48.4 Å². The summed E-state index contributed by atoms with van der Waals surface area (Å²) in [6, 6.07) is 7.28. The fourth-order valence-electron chi connectivity index (χ4n) is 3.36. The molecule has 1 fully saturated rings. The fraction of sp³-hybridized carbons (Fsp3) is 0.667. The average molecular weight is 274 g/mol. The lowest BCUT2D eigenvalue weighted by atomic mass is 10.0. The zero-order valence-corrected chi connectivity index (χ0v) is 13.6. The molecule has 1 saturated carbocycles. The van der Waals surface area contributed by atoms with E-state index in [0.29, 0.717) is 6.04 Å². The molecule has 0 heterocycles. The summed E-state index contributed by atoms with van der Waals surface area (Å²) in [5.74, 6) is 0.928. The molecule has 0 bridgehead atoms. The van der Waals surface area contributed by atoms with Crippen molar-refractivity contribution in [2.24, 2.45) is 5.92 Å². The largest absolute Gasteiger partial charge is 0.312 e. The highest BCUT2D eigenvalue weighted by atomic mass is 15.1. The van der Waals surface area contributed by atoms with E-state index in [4.69, 9.17) is 0 Å². The highest BCUT2D eigenvalue weighted by Crippen LogP contribution is 2.26. The van der Waals surface area contributed by atoms with Crippen molar-refractivity contribution in [2.45, 2.75) is 45.6 Å². The quantitative estimate of drug-likeness (QED) is 0.851. The number of rotatable bonds is 6. The molecule has 2 nitrogen and oxygen atoms in total. The monoisotopic (exact) mass is 274 g/mol. The molecule has 0 aromatic heterocycles. The van der Waals surface area contributed by atoms with Crippen molar-refractivity contribution in [3.05, 3.63) is 34.9 Å². The van der Waals surface area contributed by atoms with Gasteiger partial charge in [0, 0.05) is 19.1 Å². The average Bonchev–Trinajstić information content (AvgIpc) is 2.92. The van der Waals surface area contributed by atoms with Crippen LogP contribution in [0.2, 0.25) is 0 Å². The third-order valence-electron chi connectivity index (χ3n) is 4.82. The number of aryl methyl sites for hydroxylation is 2. The van der Waals surface area contributed by atoms with Gasteiger partial charge < -0.3 is 10.2 Å². The molecule has 1 aromatic carbocycles. The van der Waals surface area contributed by atoms with Gasteiger partial charge in [-0.25, -0.2) is 0 Å². The van der Waals surface area contributed by atoms with E-state index >= 15 is 0 Å². The van der Waals surface area contributed by atoms with E-state index < -0.39 is 0 Å². The minimum absolute atomic E-state index is 0.431. The summed E-state index contributed by atoms with van der Waals surface area (Å²) in [6.07, 6.45) is 5.73. The van der Waals surface area contributed by atoms with Gasteiger partial charge in [-0.1, -0.05) is 31.0 Å². The van der Waals surface area contributed by atoms with E-state index in [1.54, 1.807) is 0 Å². The molecule has 2 heteroatoms. The first kappa shape index (κ1) is 15.5. The van der Waals surface area contributed by atoms with Crippen LogP contribution < -0.4 is 5.32 Å². The van der Waals surface area contributed by atoms with Crippen molar-refractivity contribution in [1.82, 2.24) is 10.2 Å². The Kier molecular flexibility index (Phi) is 5.62. The lowest BCUT2D eigenvalue weighted by molar-refractivity contribution is 0.253. The molecule has 1 unspecified atom stereocenters. The van der Waals surface area contributed by atoms with E-state index in [2.05, 4.69) is 56.4 Å². The van der Waals surface area contributed by atoms with Crippen LogP contribution in [-0.2, 0) is 0 Å². The van der Waals surface area contributed by atoms with Gasteiger partial charge in [-0.2, -0.15) is 0 Å². The van der Waals surface area contributed by atoms with Crippen LogP contribution in [0.15, 0.2) is 18.2 Å². The molecule has 2 rings (SSSR count). The Labute approximate surface area is 124 Å². The van der Waals surface area contributed by atoms with Crippen LogP contribution in [0.25, 0.3) is 0 Å². The van der Waals surface area contributed by atoms with Gasteiger partial charge in [-0.05, 0) is 63.4 Å². The van der Waals surface area contributed by atoms with Crippen LogP contribution in [0, 0.1) is 19.8 Å². The smallest absolute Gasteiger partial charge is 0.0446 e. The van der Waals surface area contributed by atoms with Crippen LogP contribution in [-0.4, -0.2) is 32.1 Å². The lowest BCUT2D eigenvalue weighted by Crippen LogP contribution is -2.34. The predicted molar refractivity (Wildman–Crippen MR) is 87.2 cm³/mol. The molecule has 1 aliphatic rings. The van der Waals surface area contributed by atoms with Crippen molar-refractivity contribution >= 4 is 0 Å². The Bertz CT molecular complexity index is 421. The Morgan fingerprint density at radius 3 is 2.50 bits per heavy atom. The van der Waals surface area contributed by atoms with E-state index in [-0.39, 0.29) is 0 Å². The van der Waals surface area contributed by atoms with Gasteiger partial charge in [0.15, 0.2) is 0 Å². The molecule has 1 aliphatic carbocycles. The summed E-state index contributed by atoms with van der Waals surface area (Å²) in [5.41, 5.74) is 4.18. The van der Waals surface area contributed by atoms with Crippen LogP contribution in [0.4, 0.5) is 0 Å². The number of likely N-dealkylation sites (N-methyl/N-ethyl adjacent to an activating group) is 2. The molecule has 0 aliphatic heterocycles. The second-order valence-corrected chi connectivity index (χ2v) is 6.56. The predicted octanol–water partition coefficient (Wildman–Crippen LogP) is 3.69. The highest BCUT2D eigenvalue weighted by molar-refractivity contribution is 5.31. The van der Waals surface area contributed by atoms with Gasteiger partial charge in [-0.15, -0.1) is 0 Å². The molecule has 112 valence electrons. The molecule has 0 saturated heterocycles. The Hall–Kier alpha value is -0.860. The summed E-state index contributed by atoms with van der Waals surface area (Å²) in [7, 11) is 4.34. The van der Waals surface area contributed by atoms with Crippen LogP contribution in [0.3, 0.4) is 0 Å². The van der Waals surface area contributed by atoms with Crippen molar-refractivity contribution < 1.29 is 0 Å². The first-order valence-corrected chi connectivity index (χ1v) is 8.03. The maximum absolute atomic E-state index is 3.48. The topological polar surface area (TPSA) is 15.3 Å². The van der Waals surface area contributed by atoms with Gasteiger partial charge in [0.2, 0.25) is 0 Å². The Morgan fingerprint density at radius 1 is 1.20 bits per heavy atom. The summed E-state index contributed by atoms with van der Waals surface area (Å²) in [4.78, 5) is 2.51. The molecule has 1 N–H and O–H groups in total. The van der Waals surface area contributed by atoms with Gasteiger partial charge in [0.05, 0.1) is 0 Å². The molecule has 0 amide bonds. The zero-order chi connectivity index (χ0) is 14.5. The second-order valence-electron chi connectivity index (χ2n) is 6.56. The molecule has 1 atom stereocenters. The molecule has 0 radical (unpaired) electrons. The number of benzene rings is 1. The second kappa shape index (κ2) is 7.24. The normalized spacial score (nSPS) is 17.9. The van der Waals surface area contributed by atoms with Crippen LogP contribution >= 0.6 is 0 Å². The third kappa shape index (κ3) is 4.07. The summed E-state index contributed by atoms with van der Waals surface area (Å²) >= 11 is 0. The lowest BCUT2D eigenvalue weighted by Gasteiger charge is -2.26. The minimum Gasteiger partial charge on any atom is -0.312 e. The minimum atomic E-state index is 0.431. The maximum Gasteiger partial charge on any atom is 0.0446 e. The van der Waals surface area contributed by atoms with E-state index in [1.165, 1.54) is 48.9 Å². The molecule has 0 spiro atoms. The van der Waals surface area contributed by atoms with E-state index in [0.717, 1.165) is 12.5 Å². The van der Waals surface area contributed by atoms with Gasteiger partial charge in [0.1, 0.15) is 0 Å². The molecular weight excluding hydrogens is 244 g/mol. The number of hydrogen-bond donors (Lipinski definition) is 1. The highest BCUT2D eigenvalue weighted by Gasteiger charge is 2.19. The van der Waals surface area contributed by atoms with Gasteiger partial charge in [0.25, 0.3) is 0 Å². The van der Waals surface area contributed by atoms with Crippen molar-refractivity contribution in [3.63, 3.8) is 0 Å². The summed E-state index contributed by atoms with van der Waals surface area (Å²) in [5, 5.41) is 3.48. The first-order valence-electron chi connectivity index (χ1n) is 8.03. The molecule has 1 aromatic rings. The van der Waals surface area contributed by atoms with Crippen molar-refractivity contribution in [1.29, 1.82) is 0 Å². The first-order chi connectivity index (χ1) is 9.60. The van der Waals surface area contributed by atoms with Gasteiger partial charge >= 0.3 is 0 Å². The number of nitrogens with zero attached hydrogens (tertiary/aromatic N) is 1. The van der Waals surface area contributed by atoms with Crippen LogP contribution in [0.5, 0.6) is 0 Å². The Morgan fingerprint density at radius 2 is 1.90 bits per heavy atom. The fourth-order valence-corrected chi connectivity index (χ4v) is 3.36. The summed E-state index contributed by atoms with van der Waals surface area (Å²) < 4.78 is 0. The Balaban J connectivity index is 1.94. The van der Waals surface area contributed by atoms with E-state index in [1.807, 2.05) is 0 Å². The zero-order valence-electron chi connectivity index (χ0n) is 13.6.